The van der Waals surface area contributed by atoms with E-state index in [1.54, 1.807) is 24.3 Å². The molecule has 116 valence electrons. The van der Waals surface area contributed by atoms with Crippen LogP contribution in [0.5, 0.6) is 0 Å². The standard InChI is InChI=1S/C16H10F6/c17-15(18,19)13-6-5-11-7-9-3-1-2-4-10(9)8-12(11)14(13)16(20,21)22/h1-6H,7-8H2. The molecule has 0 saturated carbocycles. The zero-order valence-corrected chi connectivity index (χ0v) is 11.1. The Hall–Kier alpha value is -1.98. The van der Waals surface area contributed by atoms with Crippen LogP contribution in [0.15, 0.2) is 36.4 Å². The minimum absolute atomic E-state index is 0.135. The molecule has 0 fully saturated rings. The summed E-state index contributed by atoms with van der Waals surface area (Å²) >= 11 is 0. The van der Waals surface area contributed by atoms with Gasteiger partial charge in [-0.1, -0.05) is 30.3 Å². The van der Waals surface area contributed by atoms with Crippen molar-refractivity contribution >= 4 is 0 Å². The van der Waals surface area contributed by atoms with Gasteiger partial charge in [-0.3, -0.25) is 0 Å². The number of hydrogen-bond acceptors (Lipinski definition) is 0. The highest BCUT2D eigenvalue weighted by Gasteiger charge is 2.45. The molecule has 3 rings (SSSR count). The van der Waals surface area contributed by atoms with Crippen LogP contribution in [0.2, 0.25) is 0 Å². The van der Waals surface area contributed by atoms with Crippen LogP contribution in [0.4, 0.5) is 26.3 Å². The zero-order valence-electron chi connectivity index (χ0n) is 11.1. The molecule has 0 saturated heterocycles. The number of rotatable bonds is 0. The highest BCUT2D eigenvalue weighted by molar-refractivity contribution is 5.52. The van der Waals surface area contributed by atoms with Crippen molar-refractivity contribution in [1.29, 1.82) is 0 Å². The number of halogens is 6. The molecule has 2 aromatic carbocycles. The maximum Gasteiger partial charge on any atom is 0.417 e. The average Bonchev–Trinajstić information content (AvgIpc) is 2.41. The Bertz CT molecular complexity index is 724. The van der Waals surface area contributed by atoms with E-state index in [9.17, 15) is 26.3 Å². The SMILES string of the molecule is FC(F)(F)c1ccc2c(c1C(F)(F)F)Cc1ccccc1C2. The molecule has 0 aliphatic heterocycles. The Labute approximate surface area is 122 Å². The molecule has 6 heteroatoms. The van der Waals surface area contributed by atoms with E-state index in [-0.39, 0.29) is 18.4 Å². The fraction of sp³-hybridized carbons (Fsp3) is 0.250. The summed E-state index contributed by atoms with van der Waals surface area (Å²) in [6.45, 7) is 0. The molecule has 0 spiro atoms. The Morgan fingerprint density at radius 2 is 1.23 bits per heavy atom. The topological polar surface area (TPSA) is 0 Å². The second-order valence-corrected chi connectivity index (χ2v) is 5.24. The molecule has 0 aromatic heterocycles. The second kappa shape index (κ2) is 4.76. The van der Waals surface area contributed by atoms with Gasteiger partial charge in [0.15, 0.2) is 0 Å². The van der Waals surface area contributed by atoms with Crippen molar-refractivity contribution in [2.45, 2.75) is 25.2 Å². The van der Waals surface area contributed by atoms with E-state index in [0.717, 1.165) is 11.6 Å². The molecule has 0 atom stereocenters. The summed E-state index contributed by atoms with van der Waals surface area (Å²) in [4.78, 5) is 0. The Morgan fingerprint density at radius 1 is 0.636 bits per heavy atom. The molecule has 0 bridgehead atoms. The predicted molar refractivity (Wildman–Crippen MR) is 68.5 cm³/mol. The predicted octanol–water partition coefficient (Wildman–Crippen LogP) is 5.22. The lowest BCUT2D eigenvalue weighted by Crippen LogP contribution is -2.22. The lowest BCUT2D eigenvalue weighted by atomic mass is 9.82. The van der Waals surface area contributed by atoms with Crippen molar-refractivity contribution in [1.82, 2.24) is 0 Å². The maximum absolute atomic E-state index is 13.2. The lowest BCUT2D eigenvalue weighted by molar-refractivity contribution is -0.162. The Kier molecular flexibility index (Phi) is 3.23. The van der Waals surface area contributed by atoms with E-state index in [0.29, 0.717) is 17.2 Å². The van der Waals surface area contributed by atoms with E-state index < -0.39 is 23.5 Å². The van der Waals surface area contributed by atoms with Crippen LogP contribution in [0.25, 0.3) is 0 Å². The molecular weight excluding hydrogens is 306 g/mol. The molecule has 1 aliphatic carbocycles. The van der Waals surface area contributed by atoms with Crippen LogP contribution in [-0.2, 0) is 25.2 Å². The minimum Gasteiger partial charge on any atom is -0.166 e. The quantitative estimate of drug-likeness (QED) is 0.499. The number of benzene rings is 2. The van der Waals surface area contributed by atoms with Gasteiger partial charge in [-0.25, -0.2) is 0 Å². The summed E-state index contributed by atoms with van der Waals surface area (Å²) in [5.74, 6) is 0. The largest absolute Gasteiger partial charge is 0.417 e. The highest BCUT2D eigenvalue weighted by atomic mass is 19.4. The molecule has 0 nitrogen and oxygen atoms in total. The van der Waals surface area contributed by atoms with Crippen molar-refractivity contribution < 1.29 is 26.3 Å². The lowest BCUT2D eigenvalue weighted by Gasteiger charge is -2.26. The number of hydrogen-bond donors (Lipinski definition) is 0. The van der Waals surface area contributed by atoms with Gasteiger partial charge in [-0.05, 0) is 41.2 Å². The van der Waals surface area contributed by atoms with Crippen LogP contribution < -0.4 is 0 Å². The van der Waals surface area contributed by atoms with Gasteiger partial charge in [0.1, 0.15) is 0 Å². The Balaban J connectivity index is 2.24. The monoisotopic (exact) mass is 316 g/mol. The summed E-state index contributed by atoms with van der Waals surface area (Å²) in [5, 5.41) is 0. The minimum atomic E-state index is -5.04. The molecule has 2 aromatic rings. The third-order valence-corrected chi connectivity index (χ3v) is 3.87. The summed E-state index contributed by atoms with van der Waals surface area (Å²) < 4.78 is 78.6. The maximum atomic E-state index is 13.2. The first-order valence-electron chi connectivity index (χ1n) is 6.54. The fourth-order valence-electron chi connectivity index (χ4n) is 2.92. The molecule has 0 amide bonds. The van der Waals surface area contributed by atoms with Gasteiger partial charge < -0.3 is 0 Å². The van der Waals surface area contributed by atoms with Gasteiger partial charge in [0, 0.05) is 0 Å². The van der Waals surface area contributed by atoms with Crippen LogP contribution in [0.1, 0.15) is 33.4 Å². The first-order valence-corrected chi connectivity index (χ1v) is 6.54. The van der Waals surface area contributed by atoms with Crippen LogP contribution in [0.3, 0.4) is 0 Å². The van der Waals surface area contributed by atoms with Crippen molar-refractivity contribution in [3.8, 4) is 0 Å². The summed E-state index contributed by atoms with van der Waals surface area (Å²) in [6.07, 6.45) is -9.99. The molecule has 0 radical (unpaired) electrons. The average molecular weight is 316 g/mol. The third kappa shape index (κ3) is 2.46. The van der Waals surface area contributed by atoms with Crippen LogP contribution in [-0.4, -0.2) is 0 Å². The zero-order chi connectivity index (χ0) is 16.1. The first-order chi connectivity index (χ1) is 10.2. The summed E-state index contributed by atoms with van der Waals surface area (Å²) in [6, 6.07) is 8.56. The van der Waals surface area contributed by atoms with Crippen molar-refractivity contribution in [2.75, 3.05) is 0 Å². The van der Waals surface area contributed by atoms with E-state index in [1.807, 2.05) is 0 Å². The van der Waals surface area contributed by atoms with Crippen LogP contribution >= 0.6 is 0 Å². The molecule has 22 heavy (non-hydrogen) atoms. The van der Waals surface area contributed by atoms with E-state index >= 15 is 0 Å². The van der Waals surface area contributed by atoms with Gasteiger partial charge in [-0.2, -0.15) is 26.3 Å². The van der Waals surface area contributed by atoms with Gasteiger partial charge in [0.2, 0.25) is 0 Å². The van der Waals surface area contributed by atoms with E-state index in [2.05, 4.69) is 0 Å². The van der Waals surface area contributed by atoms with Gasteiger partial charge in [0.05, 0.1) is 11.1 Å². The Morgan fingerprint density at radius 3 is 1.77 bits per heavy atom. The van der Waals surface area contributed by atoms with E-state index in [1.165, 1.54) is 0 Å². The molecule has 1 aliphatic rings. The van der Waals surface area contributed by atoms with Crippen molar-refractivity contribution in [3.63, 3.8) is 0 Å². The van der Waals surface area contributed by atoms with E-state index in [4.69, 9.17) is 0 Å². The number of alkyl halides is 6. The normalized spacial score (nSPS) is 14.5. The van der Waals surface area contributed by atoms with Crippen LogP contribution in [0, 0.1) is 0 Å². The molecular formula is C16H10F6. The number of fused-ring (bicyclic) bond motifs is 2. The smallest absolute Gasteiger partial charge is 0.166 e. The van der Waals surface area contributed by atoms with Gasteiger partial charge >= 0.3 is 12.4 Å². The molecule has 0 heterocycles. The highest BCUT2D eigenvalue weighted by Crippen LogP contribution is 2.45. The summed E-state index contributed by atoms with van der Waals surface area (Å²) in [5.41, 5.74) is -1.63. The van der Waals surface area contributed by atoms with Crippen molar-refractivity contribution in [3.05, 3.63) is 69.8 Å². The van der Waals surface area contributed by atoms with Crippen molar-refractivity contribution in [2.24, 2.45) is 0 Å². The molecule has 0 unspecified atom stereocenters. The second-order valence-electron chi connectivity index (χ2n) is 5.24. The van der Waals surface area contributed by atoms with Gasteiger partial charge in [-0.15, -0.1) is 0 Å². The first kappa shape index (κ1) is 14.9. The fourth-order valence-corrected chi connectivity index (χ4v) is 2.92. The summed E-state index contributed by atoms with van der Waals surface area (Å²) in [7, 11) is 0. The van der Waals surface area contributed by atoms with Gasteiger partial charge in [0.25, 0.3) is 0 Å². The molecule has 0 N–H and O–H groups in total. The third-order valence-electron chi connectivity index (χ3n) is 3.87.